The van der Waals surface area contributed by atoms with Crippen LogP contribution in [0.3, 0.4) is 0 Å². The molecule has 0 spiro atoms. The summed E-state index contributed by atoms with van der Waals surface area (Å²) in [5.74, 6) is 0.881. The smallest absolute Gasteiger partial charge is 0.123 e. The van der Waals surface area contributed by atoms with Gasteiger partial charge >= 0.3 is 0 Å². The SMILES string of the molecule is CC[C@H](N)c1ccccc1OC.Cl. The summed E-state index contributed by atoms with van der Waals surface area (Å²) in [6.45, 7) is 2.07. The highest BCUT2D eigenvalue weighted by Crippen LogP contribution is 2.24. The van der Waals surface area contributed by atoms with Crippen LogP contribution >= 0.6 is 12.4 Å². The van der Waals surface area contributed by atoms with E-state index in [2.05, 4.69) is 6.92 Å². The molecule has 0 aliphatic rings. The summed E-state index contributed by atoms with van der Waals surface area (Å²) in [4.78, 5) is 0. The van der Waals surface area contributed by atoms with E-state index in [9.17, 15) is 0 Å². The molecule has 1 atom stereocenters. The predicted molar refractivity (Wildman–Crippen MR) is 57.5 cm³/mol. The normalized spacial score (nSPS) is 11.6. The zero-order chi connectivity index (χ0) is 8.97. The third kappa shape index (κ3) is 2.90. The molecule has 0 saturated heterocycles. The third-order valence-electron chi connectivity index (χ3n) is 1.98. The largest absolute Gasteiger partial charge is 0.496 e. The van der Waals surface area contributed by atoms with Crippen molar-refractivity contribution in [2.45, 2.75) is 19.4 Å². The second kappa shape index (κ2) is 5.84. The van der Waals surface area contributed by atoms with Crippen LogP contribution in [0, 0.1) is 0 Å². The van der Waals surface area contributed by atoms with Gasteiger partial charge in [0.25, 0.3) is 0 Å². The number of rotatable bonds is 3. The van der Waals surface area contributed by atoms with E-state index in [-0.39, 0.29) is 18.4 Å². The van der Waals surface area contributed by atoms with E-state index in [0.29, 0.717) is 0 Å². The van der Waals surface area contributed by atoms with E-state index >= 15 is 0 Å². The monoisotopic (exact) mass is 201 g/mol. The van der Waals surface area contributed by atoms with Crippen LogP contribution in [0.25, 0.3) is 0 Å². The number of hydrogen-bond acceptors (Lipinski definition) is 2. The van der Waals surface area contributed by atoms with E-state index in [4.69, 9.17) is 10.5 Å². The van der Waals surface area contributed by atoms with E-state index in [1.165, 1.54) is 0 Å². The van der Waals surface area contributed by atoms with Crippen molar-refractivity contribution in [2.24, 2.45) is 5.73 Å². The molecule has 1 rings (SSSR count). The molecule has 0 radical (unpaired) electrons. The molecular weight excluding hydrogens is 186 g/mol. The highest BCUT2D eigenvalue weighted by atomic mass is 35.5. The van der Waals surface area contributed by atoms with Gasteiger partial charge in [0.2, 0.25) is 0 Å². The van der Waals surface area contributed by atoms with Crippen molar-refractivity contribution in [3.8, 4) is 5.75 Å². The summed E-state index contributed by atoms with van der Waals surface area (Å²) >= 11 is 0. The Balaban J connectivity index is 0.00000144. The first kappa shape index (κ1) is 12.3. The average molecular weight is 202 g/mol. The van der Waals surface area contributed by atoms with Gasteiger partial charge < -0.3 is 10.5 Å². The van der Waals surface area contributed by atoms with Crippen molar-refractivity contribution in [2.75, 3.05) is 7.11 Å². The Labute approximate surface area is 85.5 Å². The number of methoxy groups -OCH3 is 1. The lowest BCUT2D eigenvalue weighted by Crippen LogP contribution is -2.09. The fraction of sp³-hybridized carbons (Fsp3) is 0.400. The second-order valence-electron chi connectivity index (χ2n) is 2.76. The Morgan fingerprint density at radius 1 is 1.38 bits per heavy atom. The molecule has 0 heterocycles. The summed E-state index contributed by atoms with van der Waals surface area (Å²) in [6.07, 6.45) is 0.931. The van der Waals surface area contributed by atoms with Crippen LogP contribution in [0.2, 0.25) is 0 Å². The van der Waals surface area contributed by atoms with E-state index < -0.39 is 0 Å². The van der Waals surface area contributed by atoms with Gasteiger partial charge in [-0.25, -0.2) is 0 Å². The molecule has 2 N–H and O–H groups in total. The first-order valence-corrected chi connectivity index (χ1v) is 4.18. The lowest BCUT2D eigenvalue weighted by molar-refractivity contribution is 0.405. The van der Waals surface area contributed by atoms with Gasteiger partial charge in [-0.15, -0.1) is 12.4 Å². The number of para-hydroxylation sites is 1. The van der Waals surface area contributed by atoms with E-state index in [1.807, 2.05) is 24.3 Å². The van der Waals surface area contributed by atoms with Crippen LogP contribution in [0.4, 0.5) is 0 Å². The number of nitrogens with two attached hydrogens (primary N) is 1. The maximum absolute atomic E-state index is 5.89. The quantitative estimate of drug-likeness (QED) is 0.816. The maximum Gasteiger partial charge on any atom is 0.123 e. The molecule has 0 aliphatic carbocycles. The van der Waals surface area contributed by atoms with Gasteiger partial charge in [-0.05, 0) is 12.5 Å². The molecule has 0 amide bonds. The molecule has 0 unspecified atom stereocenters. The topological polar surface area (TPSA) is 35.2 Å². The van der Waals surface area contributed by atoms with E-state index in [1.54, 1.807) is 7.11 Å². The van der Waals surface area contributed by atoms with Crippen molar-refractivity contribution in [1.29, 1.82) is 0 Å². The Morgan fingerprint density at radius 3 is 2.54 bits per heavy atom. The Bertz CT molecular complexity index is 252. The molecule has 13 heavy (non-hydrogen) atoms. The Kier molecular flexibility index (Phi) is 5.51. The predicted octanol–water partition coefficient (Wildman–Crippen LogP) is 2.53. The molecule has 0 saturated carbocycles. The first-order chi connectivity index (χ1) is 5.79. The minimum Gasteiger partial charge on any atom is -0.496 e. The van der Waals surface area contributed by atoms with Gasteiger partial charge in [-0.2, -0.15) is 0 Å². The summed E-state index contributed by atoms with van der Waals surface area (Å²) in [5.41, 5.74) is 6.98. The van der Waals surface area contributed by atoms with Gasteiger partial charge in [0.15, 0.2) is 0 Å². The van der Waals surface area contributed by atoms with Crippen molar-refractivity contribution in [3.63, 3.8) is 0 Å². The molecule has 74 valence electrons. The molecule has 3 heteroatoms. The Morgan fingerprint density at radius 2 is 2.00 bits per heavy atom. The van der Waals surface area contributed by atoms with Gasteiger partial charge in [-0.3, -0.25) is 0 Å². The highest BCUT2D eigenvalue weighted by molar-refractivity contribution is 5.85. The molecule has 0 aliphatic heterocycles. The van der Waals surface area contributed by atoms with E-state index in [0.717, 1.165) is 17.7 Å². The van der Waals surface area contributed by atoms with Crippen LogP contribution in [-0.2, 0) is 0 Å². The third-order valence-corrected chi connectivity index (χ3v) is 1.98. The lowest BCUT2D eigenvalue weighted by Gasteiger charge is -2.12. The fourth-order valence-electron chi connectivity index (χ4n) is 1.19. The number of benzene rings is 1. The molecule has 1 aromatic carbocycles. The van der Waals surface area contributed by atoms with Crippen LogP contribution in [-0.4, -0.2) is 7.11 Å². The highest BCUT2D eigenvalue weighted by Gasteiger charge is 2.07. The second-order valence-corrected chi connectivity index (χ2v) is 2.76. The zero-order valence-corrected chi connectivity index (χ0v) is 8.80. The molecule has 0 bridgehead atoms. The summed E-state index contributed by atoms with van der Waals surface area (Å²) in [5, 5.41) is 0. The van der Waals surface area contributed by atoms with Crippen LogP contribution in [0.5, 0.6) is 5.75 Å². The summed E-state index contributed by atoms with van der Waals surface area (Å²) < 4.78 is 5.19. The number of halogens is 1. The molecule has 1 aromatic rings. The minimum absolute atomic E-state index is 0. The van der Waals surface area contributed by atoms with Crippen LogP contribution in [0.1, 0.15) is 24.9 Å². The molecule has 0 aromatic heterocycles. The summed E-state index contributed by atoms with van der Waals surface area (Å²) in [6, 6.07) is 7.96. The van der Waals surface area contributed by atoms with Crippen molar-refractivity contribution >= 4 is 12.4 Å². The van der Waals surface area contributed by atoms with Gasteiger partial charge in [0.05, 0.1) is 7.11 Å². The number of ether oxygens (including phenoxy) is 1. The van der Waals surface area contributed by atoms with Crippen LogP contribution < -0.4 is 10.5 Å². The van der Waals surface area contributed by atoms with Crippen molar-refractivity contribution in [1.82, 2.24) is 0 Å². The maximum atomic E-state index is 5.89. The summed E-state index contributed by atoms with van der Waals surface area (Å²) in [7, 11) is 1.67. The van der Waals surface area contributed by atoms with Crippen molar-refractivity contribution < 1.29 is 4.74 Å². The van der Waals surface area contributed by atoms with Crippen LogP contribution in [0.15, 0.2) is 24.3 Å². The lowest BCUT2D eigenvalue weighted by atomic mass is 10.0. The Hall–Kier alpha value is -0.730. The number of hydrogen-bond donors (Lipinski definition) is 1. The fourth-order valence-corrected chi connectivity index (χ4v) is 1.19. The zero-order valence-electron chi connectivity index (χ0n) is 7.99. The minimum atomic E-state index is 0. The average Bonchev–Trinajstić information content (AvgIpc) is 2.16. The first-order valence-electron chi connectivity index (χ1n) is 4.18. The van der Waals surface area contributed by atoms with Gasteiger partial charge in [0, 0.05) is 11.6 Å². The van der Waals surface area contributed by atoms with Gasteiger partial charge in [0.1, 0.15) is 5.75 Å². The standard InChI is InChI=1S/C10H15NO.ClH/c1-3-9(11)8-6-4-5-7-10(8)12-2;/h4-7,9H,3,11H2,1-2H3;1H/t9-;/m0./s1. The van der Waals surface area contributed by atoms with Gasteiger partial charge in [-0.1, -0.05) is 25.1 Å². The molecular formula is C10H16ClNO. The van der Waals surface area contributed by atoms with Crippen molar-refractivity contribution in [3.05, 3.63) is 29.8 Å². The molecule has 0 fully saturated rings. The molecule has 2 nitrogen and oxygen atoms in total.